The van der Waals surface area contributed by atoms with Gasteiger partial charge in [-0.15, -0.1) is 0 Å². The molecule has 1 N–H and O–H groups in total. The number of rotatable bonds is 6. The van der Waals surface area contributed by atoms with Crippen molar-refractivity contribution >= 4 is 40.7 Å². The molecule has 0 radical (unpaired) electrons. The fraction of sp³-hybridized carbons (Fsp3) is 0.233. The van der Waals surface area contributed by atoms with E-state index in [1.807, 2.05) is 43.0 Å². The average Bonchev–Trinajstić information content (AvgIpc) is 3.12. The Kier molecular flexibility index (Phi) is 7.31. The van der Waals surface area contributed by atoms with Crippen LogP contribution in [0.4, 0.5) is 11.4 Å². The van der Waals surface area contributed by atoms with Crippen molar-refractivity contribution in [2.75, 3.05) is 36.4 Å². The van der Waals surface area contributed by atoms with Crippen LogP contribution in [-0.2, 0) is 16.1 Å². The van der Waals surface area contributed by atoms with Gasteiger partial charge in [-0.3, -0.25) is 19.3 Å². The van der Waals surface area contributed by atoms with E-state index in [-0.39, 0.29) is 16.6 Å². The number of benzene rings is 3. The number of carbonyl (C=O) groups excluding carboxylic acids is 3. The summed E-state index contributed by atoms with van der Waals surface area (Å²) in [5.41, 5.74) is 4.62. The third-order valence-electron chi connectivity index (χ3n) is 6.78. The Morgan fingerprint density at radius 1 is 0.842 bits per heavy atom. The maximum Gasteiger partial charge on any atom is 0.283 e. The van der Waals surface area contributed by atoms with Crippen molar-refractivity contribution in [2.24, 2.45) is 0 Å². The van der Waals surface area contributed by atoms with E-state index < -0.39 is 11.8 Å². The number of nitrogens with zero attached hydrogens (tertiary/aromatic N) is 3. The Labute approximate surface area is 227 Å². The van der Waals surface area contributed by atoms with Crippen LogP contribution in [0.15, 0.2) is 83.5 Å². The second-order valence-electron chi connectivity index (χ2n) is 9.74. The van der Waals surface area contributed by atoms with Crippen LogP contribution in [0, 0.1) is 13.8 Å². The molecule has 0 saturated carbocycles. The monoisotopic (exact) mass is 528 g/mol. The second-order valence-corrected chi connectivity index (χ2v) is 10.1. The number of carbonyl (C=O) groups is 3. The van der Waals surface area contributed by atoms with Crippen molar-refractivity contribution in [1.29, 1.82) is 0 Å². The summed E-state index contributed by atoms with van der Waals surface area (Å²) >= 11 is 6.32. The topological polar surface area (TPSA) is 73.0 Å². The number of hydrogen-bond donors (Lipinski definition) is 1. The van der Waals surface area contributed by atoms with Crippen molar-refractivity contribution in [1.82, 2.24) is 9.80 Å². The molecule has 2 heterocycles. The third kappa shape index (κ3) is 5.35. The summed E-state index contributed by atoms with van der Waals surface area (Å²) in [4.78, 5) is 44.6. The summed E-state index contributed by atoms with van der Waals surface area (Å²) in [6.45, 7) is 7.54. The highest BCUT2D eigenvalue weighted by Crippen LogP contribution is 2.31. The highest BCUT2D eigenvalue weighted by molar-refractivity contribution is 6.53. The lowest BCUT2D eigenvalue weighted by Crippen LogP contribution is -2.48. The summed E-state index contributed by atoms with van der Waals surface area (Å²) in [5.74, 6) is -1.18. The average molecular weight is 529 g/mol. The number of aryl methyl sites for hydroxylation is 2. The molecule has 38 heavy (non-hydrogen) atoms. The molecular formula is C30H29ClN4O3. The summed E-state index contributed by atoms with van der Waals surface area (Å²) < 4.78 is 0. The summed E-state index contributed by atoms with van der Waals surface area (Å²) in [6.07, 6.45) is 0. The predicted molar refractivity (Wildman–Crippen MR) is 149 cm³/mol. The highest BCUT2D eigenvalue weighted by Gasteiger charge is 2.39. The van der Waals surface area contributed by atoms with E-state index in [1.54, 1.807) is 36.4 Å². The zero-order valence-electron chi connectivity index (χ0n) is 21.4. The van der Waals surface area contributed by atoms with Gasteiger partial charge in [0.05, 0.1) is 5.69 Å². The molecule has 0 atom stereocenters. The molecule has 0 unspecified atom stereocenters. The maximum atomic E-state index is 13.2. The van der Waals surface area contributed by atoms with Crippen molar-refractivity contribution in [3.05, 3.63) is 106 Å². The first-order valence-corrected chi connectivity index (χ1v) is 13.0. The highest BCUT2D eigenvalue weighted by atomic mass is 35.5. The van der Waals surface area contributed by atoms with Crippen molar-refractivity contribution < 1.29 is 14.4 Å². The Balaban J connectivity index is 1.25. The van der Waals surface area contributed by atoms with Gasteiger partial charge in [-0.1, -0.05) is 54.1 Å². The van der Waals surface area contributed by atoms with Gasteiger partial charge in [-0.25, -0.2) is 4.90 Å². The molecule has 194 valence electrons. The predicted octanol–water partition coefficient (Wildman–Crippen LogP) is 4.70. The minimum atomic E-state index is -0.579. The summed E-state index contributed by atoms with van der Waals surface area (Å²) in [6, 6.07) is 22.7. The number of halogens is 1. The normalized spacial score (nSPS) is 16.4. The molecule has 0 aromatic heterocycles. The Bertz CT molecular complexity index is 1410. The number of piperazine rings is 1. The lowest BCUT2D eigenvalue weighted by molar-refractivity contribution is -0.120. The third-order valence-corrected chi connectivity index (χ3v) is 7.13. The van der Waals surface area contributed by atoms with Gasteiger partial charge in [-0.2, -0.15) is 0 Å². The molecule has 1 saturated heterocycles. The molecule has 3 aromatic carbocycles. The molecule has 3 aromatic rings. The van der Waals surface area contributed by atoms with Gasteiger partial charge >= 0.3 is 0 Å². The van der Waals surface area contributed by atoms with Crippen LogP contribution in [-0.4, -0.2) is 53.7 Å². The quantitative estimate of drug-likeness (QED) is 0.470. The standard InChI is InChI=1S/C30H29ClN4O3/c1-20-15-21(2)17-25(16-20)35-29(37)26(31)27(30(35)38)32-24-10-6-9-23(18-24)28(36)34-13-11-33(12-14-34)19-22-7-4-3-5-8-22/h3-10,15-18,32H,11-14,19H2,1-2H3. The molecule has 2 aliphatic heterocycles. The van der Waals surface area contributed by atoms with Crippen LogP contribution in [0.5, 0.6) is 0 Å². The molecule has 7 nitrogen and oxygen atoms in total. The van der Waals surface area contributed by atoms with Crippen molar-refractivity contribution in [3.63, 3.8) is 0 Å². The number of imide groups is 1. The molecule has 8 heteroatoms. The van der Waals surface area contributed by atoms with Crippen LogP contribution in [0.1, 0.15) is 27.0 Å². The van der Waals surface area contributed by atoms with Gasteiger partial charge in [0, 0.05) is 44.0 Å². The van der Waals surface area contributed by atoms with Crippen molar-refractivity contribution in [2.45, 2.75) is 20.4 Å². The van der Waals surface area contributed by atoms with Gasteiger partial charge in [-0.05, 0) is 60.9 Å². The van der Waals surface area contributed by atoms with Gasteiger partial charge < -0.3 is 10.2 Å². The van der Waals surface area contributed by atoms with Crippen molar-refractivity contribution in [3.8, 4) is 0 Å². The minimum Gasteiger partial charge on any atom is -0.350 e. The lowest BCUT2D eigenvalue weighted by Gasteiger charge is -2.34. The zero-order valence-corrected chi connectivity index (χ0v) is 22.2. The molecule has 1 fully saturated rings. The van der Waals surface area contributed by atoms with E-state index in [9.17, 15) is 14.4 Å². The SMILES string of the molecule is Cc1cc(C)cc(N2C(=O)C(Cl)=C(Nc3cccc(C(=O)N4CCN(Cc5ccccc5)CC4)c3)C2=O)c1. The largest absolute Gasteiger partial charge is 0.350 e. The maximum absolute atomic E-state index is 13.2. The number of hydrogen-bond acceptors (Lipinski definition) is 5. The summed E-state index contributed by atoms with van der Waals surface area (Å²) in [7, 11) is 0. The van der Waals surface area contributed by atoms with Gasteiger partial charge in [0.25, 0.3) is 17.7 Å². The van der Waals surface area contributed by atoms with E-state index in [0.717, 1.165) is 35.7 Å². The van der Waals surface area contributed by atoms with E-state index in [1.165, 1.54) is 5.56 Å². The van der Waals surface area contributed by atoms with Crippen LogP contribution in [0.25, 0.3) is 0 Å². The first-order valence-electron chi connectivity index (χ1n) is 12.6. The minimum absolute atomic E-state index is 0.00467. The molecule has 0 spiro atoms. The van der Waals surface area contributed by atoms with Crippen LogP contribution >= 0.6 is 11.6 Å². The summed E-state index contributed by atoms with van der Waals surface area (Å²) in [5, 5.41) is 2.81. The molecule has 0 aliphatic carbocycles. The molecule has 5 rings (SSSR count). The number of amides is 3. The van der Waals surface area contributed by atoms with Gasteiger partial charge in [0.15, 0.2) is 0 Å². The smallest absolute Gasteiger partial charge is 0.283 e. The Hall–Kier alpha value is -3.94. The number of nitrogens with one attached hydrogen (secondary N) is 1. The van der Waals surface area contributed by atoms with Crippen LogP contribution in [0.2, 0.25) is 0 Å². The Morgan fingerprint density at radius 3 is 2.21 bits per heavy atom. The first-order chi connectivity index (χ1) is 18.3. The van der Waals surface area contributed by atoms with Crippen LogP contribution < -0.4 is 10.2 Å². The lowest BCUT2D eigenvalue weighted by atomic mass is 10.1. The van der Waals surface area contributed by atoms with E-state index in [0.29, 0.717) is 30.0 Å². The molecular weight excluding hydrogens is 500 g/mol. The molecule has 2 aliphatic rings. The van der Waals surface area contributed by atoms with Gasteiger partial charge in [0.2, 0.25) is 0 Å². The van der Waals surface area contributed by atoms with E-state index >= 15 is 0 Å². The number of anilines is 2. The van der Waals surface area contributed by atoms with Crippen LogP contribution in [0.3, 0.4) is 0 Å². The fourth-order valence-corrected chi connectivity index (χ4v) is 5.15. The first kappa shape index (κ1) is 25.7. The molecule has 3 amide bonds. The Morgan fingerprint density at radius 2 is 1.53 bits per heavy atom. The van der Waals surface area contributed by atoms with E-state index in [2.05, 4.69) is 22.3 Å². The molecule has 0 bridgehead atoms. The van der Waals surface area contributed by atoms with Gasteiger partial charge in [0.1, 0.15) is 10.7 Å². The van der Waals surface area contributed by atoms with E-state index in [4.69, 9.17) is 11.6 Å². The fourth-order valence-electron chi connectivity index (χ4n) is 4.93. The zero-order chi connectivity index (χ0) is 26.8. The second kappa shape index (κ2) is 10.8.